The highest BCUT2D eigenvalue weighted by atomic mass is 16.6. The van der Waals surface area contributed by atoms with Crippen LogP contribution in [0.4, 0.5) is 0 Å². The van der Waals surface area contributed by atoms with E-state index in [1.807, 2.05) is 6.92 Å². The Labute approximate surface area is 249 Å². The third-order valence-electron chi connectivity index (χ3n) is 11.3. The predicted octanol–water partition coefficient (Wildman–Crippen LogP) is 3.91. The molecule has 0 heterocycles. The third-order valence-corrected chi connectivity index (χ3v) is 11.3. The van der Waals surface area contributed by atoms with Crippen molar-refractivity contribution in [2.75, 3.05) is 6.61 Å². The van der Waals surface area contributed by atoms with E-state index in [9.17, 15) is 29.4 Å². The number of unbranched alkanes of at least 4 members (excludes halogenated alkanes) is 1. The van der Waals surface area contributed by atoms with Crippen LogP contribution in [0.25, 0.3) is 0 Å². The van der Waals surface area contributed by atoms with Gasteiger partial charge < -0.3 is 25.7 Å². The number of rotatable bonds is 11. The first kappa shape index (κ1) is 32.2. The van der Waals surface area contributed by atoms with Crippen molar-refractivity contribution in [2.45, 2.75) is 123 Å². The molecule has 8 atom stereocenters. The molecular weight excluding hydrogens is 538 g/mol. The molecule has 0 aromatic carbocycles. The minimum absolute atomic E-state index is 0.0469. The Morgan fingerprint density at radius 3 is 2.45 bits per heavy atom. The summed E-state index contributed by atoms with van der Waals surface area (Å²) in [6.07, 6.45) is 11.0. The number of carbonyl (C=O) groups excluding carboxylic acids is 3. The van der Waals surface area contributed by atoms with Crippen LogP contribution in [-0.2, 0) is 24.0 Å². The fourth-order valence-electron chi connectivity index (χ4n) is 8.72. The molecule has 3 fully saturated rings. The molecule has 10 heteroatoms. The zero-order valence-electron chi connectivity index (χ0n) is 25.8. The Hall–Kier alpha value is -2.75. The van der Waals surface area contributed by atoms with Gasteiger partial charge in [0.25, 0.3) is 5.91 Å². The summed E-state index contributed by atoms with van der Waals surface area (Å²) in [5, 5.41) is 29.9. The molecule has 0 bridgehead atoms. The lowest BCUT2D eigenvalue weighted by atomic mass is 9.46. The zero-order valence-corrected chi connectivity index (χ0v) is 25.8. The molecule has 4 N–H and O–H groups in total. The number of carboxylic acid groups (broad SMARTS) is 1. The minimum atomic E-state index is -1.20. The second kappa shape index (κ2) is 12.5. The number of allylic oxidation sites excluding steroid dienone is 2. The van der Waals surface area contributed by atoms with E-state index < -0.39 is 35.5 Å². The normalized spacial score (nSPS) is 36.0. The van der Waals surface area contributed by atoms with Gasteiger partial charge in [-0.2, -0.15) is 0 Å². The van der Waals surface area contributed by atoms with Crippen LogP contribution in [0, 0.1) is 28.6 Å². The van der Waals surface area contributed by atoms with Crippen molar-refractivity contribution < 1.29 is 34.2 Å². The van der Waals surface area contributed by atoms with Crippen molar-refractivity contribution in [3.8, 4) is 0 Å². The summed E-state index contributed by atoms with van der Waals surface area (Å²) >= 11 is 0. The third kappa shape index (κ3) is 5.88. The number of hydrogen-bond acceptors (Lipinski definition) is 7. The standard InChI is InChI=1S/C32H49N3O7/c1-6-7-8-26(29(39)40)34-28(38)19(2)33-27(37)18-42-35-22-11-14-30(4)21(17-22)9-10-23-24(30)12-15-31(5)25(23)13-16-32(31,41)20(3)36/h17,19,23-26,41H,6-16,18H2,1-5H3,(H,33,37)(H,34,38)(H,39,40)/b35-22-/t19?,23-,24+,25+,26?,30+,31+,32+/m1/s1. The molecule has 4 aliphatic carbocycles. The van der Waals surface area contributed by atoms with Gasteiger partial charge in [0.15, 0.2) is 12.4 Å². The van der Waals surface area contributed by atoms with Crippen LogP contribution in [-0.4, -0.2) is 63.8 Å². The topological polar surface area (TPSA) is 154 Å². The number of Topliss-reactive ketones (excluding diaryl/α,β-unsaturated/α-hetero) is 1. The second-order valence-corrected chi connectivity index (χ2v) is 13.6. The fraction of sp³-hybridized carbons (Fsp3) is 0.781. The maximum Gasteiger partial charge on any atom is 0.326 e. The number of nitrogens with one attached hydrogen (secondary N) is 2. The molecule has 0 aromatic heterocycles. The van der Waals surface area contributed by atoms with Crippen molar-refractivity contribution in [2.24, 2.45) is 33.7 Å². The summed E-state index contributed by atoms with van der Waals surface area (Å²) in [4.78, 5) is 54.0. The molecule has 10 nitrogen and oxygen atoms in total. The maximum atomic E-state index is 12.5. The van der Waals surface area contributed by atoms with Gasteiger partial charge in [0.05, 0.1) is 5.71 Å². The fourth-order valence-corrected chi connectivity index (χ4v) is 8.72. The molecule has 0 aromatic rings. The van der Waals surface area contributed by atoms with E-state index in [1.54, 1.807) is 6.92 Å². The quantitative estimate of drug-likeness (QED) is 0.267. The summed E-state index contributed by atoms with van der Waals surface area (Å²) < 4.78 is 0. The summed E-state index contributed by atoms with van der Waals surface area (Å²) in [6, 6.07) is -1.90. The number of ketones is 1. The number of nitrogens with zero attached hydrogens (tertiary/aromatic N) is 1. The number of aliphatic carboxylic acids is 1. The highest BCUT2D eigenvalue weighted by Gasteiger charge is 2.65. The molecule has 0 saturated heterocycles. The van der Waals surface area contributed by atoms with Crippen molar-refractivity contribution >= 4 is 29.3 Å². The molecule has 4 aliphatic rings. The smallest absolute Gasteiger partial charge is 0.326 e. The molecule has 42 heavy (non-hydrogen) atoms. The number of hydrogen-bond donors (Lipinski definition) is 4. The number of oxime groups is 1. The molecule has 2 amide bonds. The lowest BCUT2D eigenvalue weighted by Gasteiger charge is -2.59. The molecule has 3 saturated carbocycles. The first-order valence-electron chi connectivity index (χ1n) is 15.7. The van der Waals surface area contributed by atoms with Gasteiger partial charge in [-0.1, -0.05) is 44.3 Å². The van der Waals surface area contributed by atoms with Crippen molar-refractivity contribution in [1.29, 1.82) is 0 Å². The lowest BCUT2D eigenvalue weighted by molar-refractivity contribution is -0.159. The summed E-state index contributed by atoms with van der Waals surface area (Å²) in [5.41, 5.74) is 0.662. The van der Waals surface area contributed by atoms with Crippen LogP contribution < -0.4 is 10.6 Å². The van der Waals surface area contributed by atoms with E-state index in [-0.39, 0.29) is 23.2 Å². The van der Waals surface area contributed by atoms with E-state index in [2.05, 4.69) is 35.7 Å². The first-order chi connectivity index (χ1) is 19.8. The summed E-state index contributed by atoms with van der Waals surface area (Å²) in [6.45, 7) is 9.14. The van der Waals surface area contributed by atoms with Crippen LogP contribution in [0.3, 0.4) is 0 Å². The van der Waals surface area contributed by atoms with E-state index in [0.29, 0.717) is 37.0 Å². The van der Waals surface area contributed by atoms with Gasteiger partial charge in [-0.05, 0) is 101 Å². The maximum absolute atomic E-state index is 12.5. The van der Waals surface area contributed by atoms with Gasteiger partial charge in [-0.3, -0.25) is 14.4 Å². The molecule has 0 spiro atoms. The van der Waals surface area contributed by atoms with Crippen molar-refractivity contribution in [3.63, 3.8) is 0 Å². The Balaban J connectivity index is 1.32. The first-order valence-corrected chi connectivity index (χ1v) is 15.7. The largest absolute Gasteiger partial charge is 0.480 e. The second-order valence-electron chi connectivity index (χ2n) is 13.6. The SMILES string of the molecule is CCCCC(NC(=O)C(C)NC(=O)CO/N=C1\C=C2CC[C@@H]3[C@H](CC[C@@]4(C)[C@H]3CC[C@]4(O)C(C)=O)[C@@]2(C)CC1)C(=O)O. The Kier molecular flexibility index (Phi) is 9.55. The van der Waals surface area contributed by atoms with E-state index in [1.165, 1.54) is 12.5 Å². The van der Waals surface area contributed by atoms with Gasteiger partial charge in [0.1, 0.15) is 17.7 Å². The molecular formula is C32H49N3O7. The van der Waals surface area contributed by atoms with Crippen molar-refractivity contribution in [3.05, 3.63) is 11.6 Å². The average molecular weight is 588 g/mol. The van der Waals surface area contributed by atoms with E-state index >= 15 is 0 Å². The number of carboxylic acids is 1. The minimum Gasteiger partial charge on any atom is -0.480 e. The number of carbonyl (C=O) groups is 4. The lowest BCUT2D eigenvalue weighted by Crippen LogP contribution is -2.57. The van der Waals surface area contributed by atoms with Crippen LogP contribution in [0.1, 0.15) is 105 Å². The predicted molar refractivity (Wildman–Crippen MR) is 157 cm³/mol. The number of fused-ring (bicyclic) bond motifs is 5. The van der Waals surface area contributed by atoms with E-state index in [4.69, 9.17) is 4.84 Å². The van der Waals surface area contributed by atoms with Crippen LogP contribution in [0.2, 0.25) is 0 Å². The van der Waals surface area contributed by atoms with Gasteiger partial charge in [0, 0.05) is 5.41 Å². The Morgan fingerprint density at radius 2 is 1.79 bits per heavy atom. The summed E-state index contributed by atoms with van der Waals surface area (Å²) in [5.74, 6) is -0.895. The molecule has 0 radical (unpaired) electrons. The molecule has 234 valence electrons. The van der Waals surface area contributed by atoms with Crippen LogP contribution in [0.5, 0.6) is 0 Å². The van der Waals surface area contributed by atoms with Gasteiger partial charge in [0.2, 0.25) is 5.91 Å². The van der Waals surface area contributed by atoms with E-state index in [0.717, 1.165) is 57.1 Å². The van der Waals surface area contributed by atoms with Crippen LogP contribution >= 0.6 is 0 Å². The monoisotopic (exact) mass is 587 g/mol. The van der Waals surface area contributed by atoms with Gasteiger partial charge in [-0.25, -0.2) is 4.79 Å². The zero-order chi connectivity index (χ0) is 30.9. The average Bonchev–Trinajstić information content (AvgIpc) is 3.22. The Morgan fingerprint density at radius 1 is 1.07 bits per heavy atom. The molecule has 2 unspecified atom stereocenters. The van der Waals surface area contributed by atoms with Crippen LogP contribution in [0.15, 0.2) is 16.8 Å². The highest BCUT2D eigenvalue weighted by Crippen LogP contribution is 2.67. The number of aliphatic hydroxyl groups is 1. The molecule has 0 aliphatic heterocycles. The molecule has 4 rings (SSSR count). The highest BCUT2D eigenvalue weighted by molar-refractivity contribution is 5.96. The van der Waals surface area contributed by atoms with Gasteiger partial charge >= 0.3 is 5.97 Å². The summed E-state index contributed by atoms with van der Waals surface area (Å²) in [7, 11) is 0. The number of amides is 2. The Bertz CT molecular complexity index is 1150. The van der Waals surface area contributed by atoms with Gasteiger partial charge in [-0.15, -0.1) is 0 Å². The van der Waals surface area contributed by atoms with Crippen molar-refractivity contribution in [1.82, 2.24) is 10.6 Å².